The molecule has 0 amide bonds. The van der Waals surface area contributed by atoms with Crippen LogP contribution >= 0.6 is 0 Å². The first kappa shape index (κ1) is 15.4. The van der Waals surface area contributed by atoms with Crippen molar-refractivity contribution in [3.8, 4) is 22.6 Å². The SMILES string of the molecule is COc1ccc(-c2ccc(OCC3CCOC(=O)C3)cc2)cc1. The molecule has 1 heterocycles. The number of methoxy groups -OCH3 is 1. The average molecular weight is 312 g/mol. The van der Waals surface area contributed by atoms with Gasteiger partial charge in [0, 0.05) is 5.92 Å². The Kier molecular flexibility index (Phi) is 4.81. The van der Waals surface area contributed by atoms with E-state index in [2.05, 4.69) is 0 Å². The van der Waals surface area contributed by atoms with E-state index in [-0.39, 0.29) is 11.9 Å². The lowest BCUT2D eigenvalue weighted by molar-refractivity contribution is -0.149. The number of cyclic esters (lactones) is 1. The molecular weight excluding hydrogens is 292 g/mol. The first-order valence-corrected chi connectivity index (χ1v) is 7.77. The highest BCUT2D eigenvalue weighted by molar-refractivity contribution is 5.70. The van der Waals surface area contributed by atoms with Gasteiger partial charge in [-0.2, -0.15) is 0 Å². The summed E-state index contributed by atoms with van der Waals surface area (Å²) >= 11 is 0. The van der Waals surface area contributed by atoms with Crippen molar-refractivity contribution >= 4 is 5.97 Å². The molecule has 4 heteroatoms. The summed E-state index contributed by atoms with van der Waals surface area (Å²) in [5.41, 5.74) is 2.26. The van der Waals surface area contributed by atoms with Gasteiger partial charge in [-0.1, -0.05) is 24.3 Å². The molecule has 4 nitrogen and oxygen atoms in total. The molecule has 1 aliphatic rings. The van der Waals surface area contributed by atoms with Gasteiger partial charge in [-0.25, -0.2) is 0 Å². The topological polar surface area (TPSA) is 44.8 Å². The highest BCUT2D eigenvalue weighted by Gasteiger charge is 2.21. The van der Waals surface area contributed by atoms with Crippen molar-refractivity contribution in [3.63, 3.8) is 0 Å². The molecular formula is C19H20O4. The maximum atomic E-state index is 11.2. The summed E-state index contributed by atoms with van der Waals surface area (Å²) in [4.78, 5) is 11.2. The number of hydrogen-bond acceptors (Lipinski definition) is 4. The summed E-state index contributed by atoms with van der Waals surface area (Å²) in [6.07, 6.45) is 1.32. The Hall–Kier alpha value is -2.49. The molecule has 2 aromatic carbocycles. The molecule has 1 saturated heterocycles. The zero-order valence-corrected chi connectivity index (χ0v) is 13.2. The lowest BCUT2D eigenvalue weighted by atomic mass is 10.0. The van der Waals surface area contributed by atoms with Crippen LogP contribution in [0.3, 0.4) is 0 Å². The molecule has 0 saturated carbocycles. The van der Waals surface area contributed by atoms with Gasteiger partial charge in [0.2, 0.25) is 0 Å². The van der Waals surface area contributed by atoms with E-state index in [4.69, 9.17) is 14.2 Å². The molecule has 2 aromatic rings. The zero-order chi connectivity index (χ0) is 16.1. The fraction of sp³-hybridized carbons (Fsp3) is 0.316. The van der Waals surface area contributed by atoms with E-state index in [0.29, 0.717) is 19.6 Å². The minimum Gasteiger partial charge on any atom is -0.497 e. The van der Waals surface area contributed by atoms with E-state index in [1.54, 1.807) is 7.11 Å². The van der Waals surface area contributed by atoms with Crippen LogP contribution in [-0.2, 0) is 9.53 Å². The van der Waals surface area contributed by atoms with E-state index in [0.717, 1.165) is 29.0 Å². The molecule has 1 unspecified atom stereocenters. The number of benzene rings is 2. The molecule has 0 aromatic heterocycles. The molecule has 0 radical (unpaired) electrons. The minimum atomic E-state index is -0.125. The van der Waals surface area contributed by atoms with Crippen LogP contribution in [-0.4, -0.2) is 26.3 Å². The standard InChI is InChI=1S/C19H20O4/c1-21-17-6-2-15(3-7-17)16-4-8-18(9-5-16)23-13-14-10-11-22-19(20)12-14/h2-9,14H,10-13H2,1H3. The molecule has 0 aliphatic carbocycles. The van der Waals surface area contributed by atoms with Crippen molar-refractivity contribution in [2.45, 2.75) is 12.8 Å². The summed E-state index contributed by atoms with van der Waals surface area (Å²) in [6, 6.07) is 15.9. The Morgan fingerprint density at radius 1 is 1.00 bits per heavy atom. The van der Waals surface area contributed by atoms with Crippen molar-refractivity contribution in [2.75, 3.05) is 20.3 Å². The summed E-state index contributed by atoms with van der Waals surface area (Å²) in [7, 11) is 1.66. The summed E-state index contributed by atoms with van der Waals surface area (Å²) in [5, 5.41) is 0. The molecule has 1 aliphatic heterocycles. The smallest absolute Gasteiger partial charge is 0.306 e. The van der Waals surface area contributed by atoms with Crippen LogP contribution in [0.2, 0.25) is 0 Å². The molecule has 1 fully saturated rings. The van der Waals surface area contributed by atoms with Crippen molar-refractivity contribution in [1.82, 2.24) is 0 Å². The second-order valence-corrected chi connectivity index (χ2v) is 5.64. The van der Waals surface area contributed by atoms with E-state index in [1.807, 2.05) is 48.5 Å². The molecule has 0 N–H and O–H groups in total. The van der Waals surface area contributed by atoms with Gasteiger partial charge < -0.3 is 14.2 Å². The molecule has 120 valence electrons. The van der Waals surface area contributed by atoms with E-state index in [1.165, 1.54) is 0 Å². The lowest BCUT2D eigenvalue weighted by Crippen LogP contribution is -2.25. The highest BCUT2D eigenvalue weighted by Crippen LogP contribution is 2.25. The van der Waals surface area contributed by atoms with Crippen LogP contribution < -0.4 is 9.47 Å². The van der Waals surface area contributed by atoms with Crippen LogP contribution in [0, 0.1) is 5.92 Å². The summed E-state index contributed by atoms with van der Waals surface area (Å²) < 4.78 is 15.9. The number of carbonyl (C=O) groups is 1. The lowest BCUT2D eigenvalue weighted by Gasteiger charge is -2.21. The first-order chi connectivity index (χ1) is 11.2. The van der Waals surface area contributed by atoms with Crippen LogP contribution in [0.1, 0.15) is 12.8 Å². The molecule has 3 rings (SSSR count). The first-order valence-electron chi connectivity index (χ1n) is 7.77. The van der Waals surface area contributed by atoms with E-state index in [9.17, 15) is 4.79 Å². The Balaban J connectivity index is 1.59. The molecule has 1 atom stereocenters. The Morgan fingerprint density at radius 3 is 2.17 bits per heavy atom. The van der Waals surface area contributed by atoms with Crippen LogP contribution in [0.5, 0.6) is 11.5 Å². The average Bonchev–Trinajstić information content (AvgIpc) is 2.61. The van der Waals surface area contributed by atoms with Crippen LogP contribution in [0.4, 0.5) is 0 Å². The van der Waals surface area contributed by atoms with Gasteiger partial charge in [0.15, 0.2) is 0 Å². The number of ether oxygens (including phenoxy) is 3. The third-order valence-corrected chi connectivity index (χ3v) is 4.01. The second-order valence-electron chi connectivity index (χ2n) is 5.64. The van der Waals surface area contributed by atoms with E-state index >= 15 is 0 Å². The maximum absolute atomic E-state index is 11.2. The van der Waals surface area contributed by atoms with Gasteiger partial charge in [-0.15, -0.1) is 0 Å². The number of rotatable bonds is 5. The van der Waals surface area contributed by atoms with Crippen LogP contribution in [0.15, 0.2) is 48.5 Å². The fourth-order valence-electron chi connectivity index (χ4n) is 2.62. The van der Waals surface area contributed by atoms with Gasteiger partial charge >= 0.3 is 5.97 Å². The Bertz CT molecular complexity index is 646. The largest absolute Gasteiger partial charge is 0.497 e. The monoisotopic (exact) mass is 312 g/mol. The van der Waals surface area contributed by atoms with Gasteiger partial charge in [0.25, 0.3) is 0 Å². The van der Waals surface area contributed by atoms with Gasteiger partial charge in [-0.05, 0) is 41.8 Å². The minimum absolute atomic E-state index is 0.125. The van der Waals surface area contributed by atoms with Crippen molar-refractivity contribution in [3.05, 3.63) is 48.5 Å². The third-order valence-electron chi connectivity index (χ3n) is 4.01. The third kappa shape index (κ3) is 4.03. The highest BCUT2D eigenvalue weighted by atomic mass is 16.5. The van der Waals surface area contributed by atoms with Gasteiger partial charge in [0.1, 0.15) is 11.5 Å². The number of hydrogen-bond donors (Lipinski definition) is 0. The number of esters is 1. The number of carbonyl (C=O) groups excluding carboxylic acids is 1. The second kappa shape index (κ2) is 7.18. The molecule has 23 heavy (non-hydrogen) atoms. The van der Waals surface area contributed by atoms with E-state index < -0.39 is 0 Å². The van der Waals surface area contributed by atoms with Gasteiger partial charge in [-0.3, -0.25) is 4.79 Å². The van der Waals surface area contributed by atoms with Crippen molar-refractivity contribution in [2.24, 2.45) is 5.92 Å². The summed E-state index contributed by atoms with van der Waals surface area (Å²) in [5.74, 6) is 1.79. The summed E-state index contributed by atoms with van der Waals surface area (Å²) in [6.45, 7) is 1.06. The van der Waals surface area contributed by atoms with Crippen molar-refractivity contribution in [1.29, 1.82) is 0 Å². The molecule has 0 bridgehead atoms. The predicted molar refractivity (Wildman–Crippen MR) is 87.6 cm³/mol. The molecule has 0 spiro atoms. The van der Waals surface area contributed by atoms with Gasteiger partial charge in [0.05, 0.1) is 26.7 Å². The quantitative estimate of drug-likeness (QED) is 0.790. The Labute approximate surface area is 136 Å². The Morgan fingerprint density at radius 2 is 1.61 bits per heavy atom. The maximum Gasteiger partial charge on any atom is 0.306 e. The zero-order valence-electron chi connectivity index (χ0n) is 13.2. The predicted octanol–water partition coefficient (Wildman–Crippen LogP) is 3.69. The normalized spacial score (nSPS) is 17.4. The van der Waals surface area contributed by atoms with Crippen LogP contribution in [0.25, 0.3) is 11.1 Å². The van der Waals surface area contributed by atoms with Crippen molar-refractivity contribution < 1.29 is 19.0 Å². The fourth-order valence-corrected chi connectivity index (χ4v) is 2.62.